The Morgan fingerprint density at radius 3 is 2.22 bits per heavy atom. The van der Waals surface area contributed by atoms with Gasteiger partial charge in [-0.05, 0) is 35.9 Å². The molecule has 162 valence electrons. The highest BCUT2D eigenvalue weighted by Crippen LogP contribution is 2.35. The lowest BCUT2D eigenvalue weighted by Crippen LogP contribution is -2.19. The van der Waals surface area contributed by atoms with Crippen molar-refractivity contribution in [1.29, 1.82) is 0 Å². The zero-order valence-electron chi connectivity index (χ0n) is 17.8. The van der Waals surface area contributed by atoms with E-state index >= 15 is 0 Å². The average Bonchev–Trinajstić information content (AvgIpc) is 2.84. The average molecular weight is 431 g/mol. The molecule has 0 aliphatic heterocycles. The first kappa shape index (κ1) is 21.0. The second-order valence-corrected chi connectivity index (χ2v) is 6.88. The van der Waals surface area contributed by atoms with Crippen molar-refractivity contribution < 1.29 is 23.4 Å². The smallest absolute Gasteiger partial charge is 0.360 e. The number of rotatable bonds is 6. The topological polar surface area (TPSA) is 87.0 Å². The van der Waals surface area contributed by atoms with Crippen molar-refractivity contribution >= 4 is 22.6 Å². The van der Waals surface area contributed by atoms with Crippen molar-refractivity contribution in [2.75, 3.05) is 26.6 Å². The summed E-state index contributed by atoms with van der Waals surface area (Å²) >= 11 is 0. The lowest BCUT2D eigenvalue weighted by Gasteiger charge is -2.15. The third-order valence-electron chi connectivity index (χ3n) is 5.08. The van der Waals surface area contributed by atoms with Gasteiger partial charge in [-0.1, -0.05) is 30.3 Å². The Labute approximate surface area is 184 Å². The van der Waals surface area contributed by atoms with Crippen LogP contribution in [0.5, 0.6) is 17.2 Å². The van der Waals surface area contributed by atoms with Gasteiger partial charge in [0.2, 0.25) is 0 Å². The van der Waals surface area contributed by atoms with Gasteiger partial charge in [0.25, 0.3) is 5.91 Å². The second-order valence-electron chi connectivity index (χ2n) is 6.88. The van der Waals surface area contributed by atoms with Crippen LogP contribution < -0.4 is 25.2 Å². The van der Waals surface area contributed by atoms with Crippen LogP contribution in [-0.4, -0.2) is 27.2 Å². The Morgan fingerprint density at radius 2 is 1.53 bits per heavy atom. The number of nitrogens with one attached hydrogen (secondary N) is 1. The SMILES string of the molecule is COc1ccc(-c2c(NC(=O)c3ccc(OC)cc3OC)c(=O)oc3ccccc23)cc1. The Bertz CT molecular complexity index is 1340. The lowest BCUT2D eigenvalue weighted by molar-refractivity contribution is 0.102. The van der Waals surface area contributed by atoms with Gasteiger partial charge in [0.15, 0.2) is 0 Å². The minimum Gasteiger partial charge on any atom is -0.497 e. The monoisotopic (exact) mass is 431 g/mol. The zero-order valence-corrected chi connectivity index (χ0v) is 17.8. The number of amides is 1. The molecule has 7 heteroatoms. The van der Waals surface area contributed by atoms with E-state index in [0.717, 1.165) is 5.56 Å². The molecule has 0 fully saturated rings. The molecule has 4 aromatic rings. The Kier molecular flexibility index (Phi) is 5.81. The van der Waals surface area contributed by atoms with E-state index in [1.54, 1.807) is 49.6 Å². The van der Waals surface area contributed by atoms with Gasteiger partial charge in [0, 0.05) is 17.0 Å². The molecule has 0 bridgehead atoms. The molecule has 0 atom stereocenters. The van der Waals surface area contributed by atoms with Gasteiger partial charge in [0.1, 0.15) is 28.5 Å². The predicted molar refractivity (Wildman–Crippen MR) is 122 cm³/mol. The molecule has 0 aliphatic rings. The Balaban J connectivity index is 1.86. The maximum atomic E-state index is 13.1. The molecule has 0 spiro atoms. The second kappa shape index (κ2) is 8.85. The quantitative estimate of drug-likeness (QED) is 0.444. The summed E-state index contributed by atoms with van der Waals surface area (Å²) < 4.78 is 21.2. The van der Waals surface area contributed by atoms with Crippen molar-refractivity contribution in [3.05, 3.63) is 82.7 Å². The fraction of sp³-hybridized carbons (Fsp3) is 0.120. The van der Waals surface area contributed by atoms with Gasteiger partial charge in [-0.2, -0.15) is 0 Å². The number of ether oxygens (including phenoxy) is 3. The van der Waals surface area contributed by atoms with Crippen LogP contribution in [0.15, 0.2) is 75.9 Å². The fourth-order valence-corrected chi connectivity index (χ4v) is 3.49. The molecule has 0 aliphatic carbocycles. The number of methoxy groups -OCH3 is 3. The molecule has 0 unspecified atom stereocenters. The molecule has 0 saturated carbocycles. The maximum Gasteiger partial charge on any atom is 0.360 e. The van der Waals surface area contributed by atoms with Crippen LogP contribution in [0.3, 0.4) is 0 Å². The van der Waals surface area contributed by atoms with E-state index in [4.69, 9.17) is 18.6 Å². The summed E-state index contributed by atoms with van der Waals surface area (Å²) in [5, 5.41) is 3.42. The van der Waals surface area contributed by atoms with E-state index in [1.165, 1.54) is 14.2 Å². The van der Waals surface area contributed by atoms with Gasteiger partial charge in [0.05, 0.1) is 26.9 Å². The molecule has 3 aromatic carbocycles. The van der Waals surface area contributed by atoms with Crippen LogP contribution in [0.1, 0.15) is 10.4 Å². The minimum absolute atomic E-state index is 0.0386. The summed E-state index contributed by atoms with van der Waals surface area (Å²) in [6.07, 6.45) is 0. The summed E-state index contributed by atoms with van der Waals surface area (Å²) in [7, 11) is 4.56. The summed E-state index contributed by atoms with van der Waals surface area (Å²) in [6.45, 7) is 0. The first-order valence-corrected chi connectivity index (χ1v) is 9.79. The highest BCUT2D eigenvalue weighted by molar-refractivity contribution is 6.10. The molecule has 1 N–H and O–H groups in total. The van der Waals surface area contributed by atoms with Crippen molar-refractivity contribution in [1.82, 2.24) is 0 Å². The van der Waals surface area contributed by atoms with Crippen LogP contribution in [0.25, 0.3) is 22.1 Å². The number of benzene rings is 3. The summed E-state index contributed by atoms with van der Waals surface area (Å²) in [5.41, 5.74) is 1.34. The predicted octanol–water partition coefficient (Wildman–Crippen LogP) is 4.74. The molecular formula is C25H21NO6. The van der Waals surface area contributed by atoms with Crippen LogP contribution in [-0.2, 0) is 0 Å². The van der Waals surface area contributed by atoms with Gasteiger partial charge in [-0.3, -0.25) is 4.79 Å². The molecule has 32 heavy (non-hydrogen) atoms. The number of para-hydroxylation sites is 1. The highest BCUT2D eigenvalue weighted by atomic mass is 16.5. The highest BCUT2D eigenvalue weighted by Gasteiger charge is 2.21. The molecule has 4 rings (SSSR count). The van der Waals surface area contributed by atoms with Crippen molar-refractivity contribution in [3.63, 3.8) is 0 Å². The molecule has 1 aromatic heterocycles. The van der Waals surface area contributed by atoms with Crippen molar-refractivity contribution in [2.24, 2.45) is 0 Å². The third-order valence-corrected chi connectivity index (χ3v) is 5.08. The van der Waals surface area contributed by atoms with Gasteiger partial charge < -0.3 is 23.9 Å². The summed E-state index contributed by atoms with van der Waals surface area (Å²) in [6, 6.07) is 19.2. The van der Waals surface area contributed by atoms with Crippen LogP contribution >= 0.6 is 0 Å². The Morgan fingerprint density at radius 1 is 0.844 bits per heavy atom. The fourth-order valence-electron chi connectivity index (χ4n) is 3.49. The number of fused-ring (bicyclic) bond motifs is 1. The minimum atomic E-state index is -0.657. The van der Waals surface area contributed by atoms with E-state index in [9.17, 15) is 9.59 Å². The largest absolute Gasteiger partial charge is 0.497 e. The van der Waals surface area contributed by atoms with Crippen LogP contribution in [0, 0.1) is 0 Å². The van der Waals surface area contributed by atoms with Gasteiger partial charge in [-0.15, -0.1) is 0 Å². The van der Waals surface area contributed by atoms with E-state index in [0.29, 0.717) is 33.8 Å². The van der Waals surface area contributed by atoms with Gasteiger partial charge in [-0.25, -0.2) is 4.79 Å². The number of hydrogen-bond acceptors (Lipinski definition) is 6. The molecular weight excluding hydrogens is 410 g/mol. The van der Waals surface area contributed by atoms with E-state index in [2.05, 4.69) is 5.32 Å². The molecule has 0 saturated heterocycles. The van der Waals surface area contributed by atoms with Gasteiger partial charge >= 0.3 is 5.63 Å². The number of anilines is 1. The van der Waals surface area contributed by atoms with Crippen LogP contribution in [0.2, 0.25) is 0 Å². The zero-order chi connectivity index (χ0) is 22.7. The molecule has 1 heterocycles. The van der Waals surface area contributed by atoms with E-state index < -0.39 is 11.5 Å². The maximum absolute atomic E-state index is 13.1. The molecule has 1 amide bonds. The number of carbonyl (C=O) groups excluding carboxylic acids is 1. The Hall–Kier alpha value is -4.26. The first-order chi connectivity index (χ1) is 15.5. The number of hydrogen-bond donors (Lipinski definition) is 1. The standard InChI is InChI=1S/C25H21NO6/c1-29-16-10-8-15(9-11-16)22-18-6-4-5-7-20(18)32-25(28)23(22)26-24(27)19-13-12-17(30-2)14-21(19)31-3/h4-14H,1-3H3,(H,26,27). The van der Waals surface area contributed by atoms with E-state index in [1.807, 2.05) is 24.3 Å². The van der Waals surface area contributed by atoms with Crippen LogP contribution in [0.4, 0.5) is 5.69 Å². The summed E-state index contributed by atoms with van der Waals surface area (Å²) in [5.74, 6) is 1.02. The third kappa shape index (κ3) is 3.88. The van der Waals surface area contributed by atoms with Crippen molar-refractivity contribution in [3.8, 4) is 28.4 Å². The molecule has 0 radical (unpaired) electrons. The first-order valence-electron chi connectivity index (χ1n) is 9.79. The van der Waals surface area contributed by atoms with Crippen molar-refractivity contribution in [2.45, 2.75) is 0 Å². The lowest BCUT2D eigenvalue weighted by atomic mass is 9.99. The summed E-state index contributed by atoms with van der Waals surface area (Å²) in [4.78, 5) is 26.0. The molecule has 7 nitrogen and oxygen atoms in total. The van der Waals surface area contributed by atoms with E-state index in [-0.39, 0.29) is 11.3 Å². The normalized spacial score (nSPS) is 10.6. The number of carbonyl (C=O) groups is 1.